The molecular formula is C12H19N5O. The molecule has 0 bridgehead atoms. The van der Waals surface area contributed by atoms with Crippen LogP contribution in [0.25, 0.3) is 0 Å². The van der Waals surface area contributed by atoms with E-state index in [4.69, 9.17) is 4.74 Å². The van der Waals surface area contributed by atoms with Gasteiger partial charge in [-0.05, 0) is 0 Å². The number of rotatable bonds is 7. The van der Waals surface area contributed by atoms with E-state index >= 15 is 0 Å². The van der Waals surface area contributed by atoms with Gasteiger partial charge in [-0.1, -0.05) is 0 Å². The van der Waals surface area contributed by atoms with E-state index in [0.717, 1.165) is 25.5 Å². The molecular weight excluding hydrogens is 230 g/mol. The van der Waals surface area contributed by atoms with Crippen LogP contribution in [0.3, 0.4) is 0 Å². The molecule has 0 aliphatic heterocycles. The zero-order chi connectivity index (χ0) is 12.8. The molecule has 0 radical (unpaired) electrons. The predicted octanol–water partition coefficient (Wildman–Crippen LogP) is 0.401. The second kappa shape index (κ2) is 6.32. The van der Waals surface area contributed by atoms with Gasteiger partial charge in [-0.25, -0.2) is 4.98 Å². The molecule has 2 aromatic heterocycles. The number of hydrogen-bond acceptors (Lipinski definition) is 4. The molecule has 0 atom stereocenters. The van der Waals surface area contributed by atoms with Crippen molar-refractivity contribution in [2.24, 2.45) is 7.05 Å². The lowest BCUT2D eigenvalue weighted by Gasteiger charge is -2.07. The molecule has 0 unspecified atom stereocenters. The Morgan fingerprint density at radius 3 is 3.06 bits per heavy atom. The summed E-state index contributed by atoms with van der Waals surface area (Å²) in [7, 11) is 3.62. The van der Waals surface area contributed by atoms with Gasteiger partial charge in [0, 0.05) is 44.9 Å². The zero-order valence-electron chi connectivity index (χ0n) is 10.8. The molecule has 2 rings (SSSR count). The molecule has 0 fully saturated rings. The molecule has 0 spiro atoms. The molecule has 0 aliphatic carbocycles. The van der Waals surface area contributed by atoms with Crippen molar-refractivity contribution in [2.45, 2.75) is 13.1 Å². The minimum atomic E-state index is 0.712. The molecule has 6 nitrogen and oxygen atoms in total. The van der Waals surface area contributed by atoms with Crippen molar-refractivity contribution in [2.75, 3.05) is 20.3 Å². The fourth-order valence-corrected chi connectivity index (χ4v) is 1.78. The molecule has 2 aromatic rings. The van der Waals surface area contributed by atoms with Gasteiger partial charge in [0.1, 0.15) is 5.82 Å². The Kier molecular flexibility index (Phi) is 4.49. The highest BCUT2D eigenvalue weighted by molar-refractivity contribution is 5.06. The lowest BCUT2D eigenvalue weighted by Crippen LogP contribution is -2.21. The first-order valence-electron chi connectivity index (χ1n) is 5.97. The average molecular weight is 249 g/mol. The van der Waals surface area contributed by atoms with Crippen LogP contribution in [0.1, 0.15) is 11.4 Å². The highest BCUT2D eigenvalue weighted by Gasteiger charge is 2.04. The smallest absolute Gasteiger partial charge is 0.122 e. The van der Waals surface area contributed by atoms with Crippen molar-refractivity contribution < 1.29 is 4.74 Å². The number of ether oxygens (including phenoxy) is 1. The van der Waals surface area contributed by atoms with Gasteiger partial charge in [0.25, 0.3) is 0 Å². The van der Waals surface area contributed by atoms with Crippen LogP contribution in [-0.2, 0) is 24.9 Å². The highest BCUT2D eigenvalue weighted by atomic mass is 16.5. The number of methoxy groups -OCH3 is 1. The lowest BCUT2D eigenvalue weighted by molar-refractivity contribution is 0.199. The van der Waals surface area contributed by atoms with E-state index in [0.29, 0.717) is 6.61 Å². The van der Waals surface area contributed by atoms with Gasteiger partial charge in [-0.15, -0.1) is 0 Å². The molecule has 0 aliphatic rings. The van der Waals surface area contributed by atoms with Crippen molar-refractivity contribution in [3.8, 4) is 0 Å². The van der Waals surface area contributed by atoms with Gasteiger partial charge in [0.05, 0.1) is 25.9 Å². The standard InChI is InChI=1S/C12H19N5O/c1-16-9-11(7-15-16)10-17-5-3-14-12(17)8-13-4-6-18-2/h3,5,7,9,13H,4,6,8,10H2,1-2H3. The third-order valence-corrected chi connectivity index (χ3v) is 2.68. The molecule has 2 heterocycles. The Morgan fingerprint density at radius 2 is 2.33 bits per heavy atom. The number of aryl methyl sites for hydroxylation is 1. The Hall–Kier alpha value is -1.66. The molecule has 98 valence electrons. The fraction of sp³-hybridized carbons (Fsp3) is 0.500. The monoisotopic (exact) mass is 249 g/mol. The first-order chi connectivity index (χ1) is 8.79. The Morgan fingerprint density at radius 1 is 1.44 bits per heavy atom. The van der Waals surface area contributed by atoms with E-state index in [9.17, 15) is 0 Å². The molecule has 1 N–H and O–H groups in total. The quantitative estimate of drug-likeness (QED) is 0.722. The largest absolute Gasteiger partial charge is 0.383 e. The van der Waals surface area contributed by atoms with Crippen LogP contribution < -0.4 is 5.32 Å². The van der Waals surface area contributed by atoms with Crippen LogP contribution in [0, 0.1) is 0 Å². The lowest BCUT2D eigenvalue weighted by atomic mass is 10.3. The van der Waals surface area contributed by atoms with Crippen molar-refractivity contribution >= 4 is 0 Å². The Bertz CT molecular complexity index is 476. The van der Waals surface area contributed by atoms with Gasteiger partial charge in [0.2, 0.25) is 0 Å². The molecule has 0 saturated heterocycles. The van der Waals surface area contributed by atoms with Crippen LogP contribution in [-0.4, -0.2) is 39.6 Å². The summed E-state index contributed by atoms with van der Waals surface area (Å²) in [5, 5.41) is 7.46. The topological polar surface area (TPSA) is 56.9 Å². The van der Waals surface area contributed by atoms with Crippen LogP contribution in [0.4, 0.5) is 0 Å². The number of aromatic nitrogens is 4. The minimum Gasteiger partial charge on any atom is -0.383 e. The summed E-state index contributed by atoms with van der Waals surface area (Å²) in [5.41, 5.74) is 1.17. The highest BCUT2D eigenvalue weighted by Crippen LogP contribution is 2.04. The minimum absolute atomic E-state index is 0.712. The van der Waals surface area contributed by atoms with Gasteiger partial charge in [-0.3, -0.25) is 4.68 Å². The van der Waals surface area contributed by atoms with Gasteiger partial charge < -0.3 is 14.6 Å². The van der Waals surface area contributed by atoms with Crippen molar-refractivity contribution in [3.63, 3.8) is 0 Å². The molecule has 0 amide bonds. The zero-order valence-corrected chi connectivity index (χ0v) is 10.8. The van der Waals surface area contributed by atoms with Crippen molar-refractivity contribution in [3.05, 3.63) is 36.2 Å². The van der Waals surface area contributed by atoms with Gasteiger partial charge in [-0.2, -0.15) is 5.10 Å². The third kappa shape index (κ3) is 3.41. The van der Waals surface area contributed by atoms with E-state index in [1.807, 2.05) is 36.5 Å². The van der Waals surface area contributed by atoms with Gasteiger partial charge >= 0.3 is 0 Å². The van der Waals surface area contributed by atoms with Crippen LogP contribution in [0.5, 0.6) is 0 Å². The summed E-state index contributed by atoms with van der Waals surface area (Å²) < 4.78 is 8.92. The second-order valence-corrected chi connectivity index (χ2v) is 4.16. The summed E-state index contributed by atoms with van der Waals surface area (Å²) >= 11 is 0. The van der Waals surface area contributed by atoms with Gasteiger partial charge in [0.15, 0.2) is 0 Å². The van der Waals surface area contributed by atoms with E-state index in [2.05, 4.69) is 20.0 Å². The predicted molar refractivity (Wildman–Crippen MR) is 68.1 cm³/mol. The van der Waals surface area contributed by atoms with Crippen LogP contribution in [0.2, 0.25) is 0 Å². The molecule has 0 saturated carbocycles. The maximum absolute atomic E-state index is 4.99. The summed E-state index contributed by atoms with van der Waals surface area (Å²) in [6, 6.07) is 0. The van der Waals surface area contributed by atoms with Crippen LogP contribution in [0.15, 0.2) is 24.8 Å². The number of imidazole rings is 1. The normalized spacial score (nSPS) is 11.0. The molecule has 6 heteroatoms. The number of nitrogens with zero attached hydrogens (tertiary/aromatic N) is 4. The third-order valence-electron chi connectivity index (χ3n) is 2.68. The first-order valence-corrected chi connectivity index (χ1v) is 5.97. The first kappa shape index (κ1) is 12.8. The maximum Gasteiger partial charge on any atom is 0.122 e. The van der Waals surface area contributed by atoms with Crippen molar-refractivity contribution in [1.82, 2.24) is 24.6 Å². The fourth-order valence-electron chi connectivity index (χ4n) is 1.78. The maximum atomic E-state index is 4.99. The summed E-state index contributed by atoms with van der Waals surface area (Å²) in [6.45, 7) is 3.09. The summed E-state index contributed by atoms with van der Waals surface area (Å²) in [4.78, 5) is 4.35. The Labute approximate surface area is 107 Å². The van der Waals surface area contributed by atoms with E-state index in [-0.39, 0.29) is 0 Å². The summed E-state index contributed by atoms with van der Waals surface area (Å²) in [6.07, 6.45) is 7.70. The second-order valence-electron chi connectivity index (χ2n) is 4.16. The van der Waals surface area contributed by atoms with E-state index in [1.165, 1.54) is 5.56 Å². The summed E-state index contributed by atoms with van der Waals surface area (Å²) in [5.74, 6) is 1.02. The molecule has 0 aromatic carbocycles. The molecule has 18 heavy (non-hydrogen) atoms. The van der Waals surface area contributed by atoms with Crippen LogP contribution >= 0.6 is 0 Å². The average Bonchev–Trinajstić information content (AvgIpc) is 2.95. The number of hydrogen-bond donors (Lipinski definition) is 1. The SMILES string of the molecule is COCCNCc1nccn1Cc1cnn(C)c1. The van der Waals surface area contributed by atoms with Crippen molar-refractivity contribution in [1.29, 1.82) is 0 Å². The number of nitrogens with one attached hydrogen (secondary N) is 1. The van der Waals surface area contributed by atoms with E-state index < -0.39 is 0 Å². The van der Waals surface area contributed by atoms with E-state index in [1.54, 1.807) is 7.11 Å². The Balaban J connectivity index is 1.91.